The van der Waals surface area contributed by atoms with Crippen LogP contribution >= 0.6 is 0 Å². The second kappa shape index (κ2) is 12.7. The zero-order chi connectivity index (χ0) is 28.1. The average molecular weight is 550 g/mol. The molecule has 0 radical (unpaired) electrons. The van der Waals surface area contributed by atoms with Crippen LogP contribution in [0, 0.1) is 5.41 Å². The van der Waals surface area contributed by atoms with Crippen LogP contribution in [0.3, 0.4) is 0 Å². The Morgan fingerprint density at radius 2 is 1.98 bits per heavy atom. The fourth-order valence-corrected chi connectivity index (χ4v) is 5.91. The summed E-state index contributed by atoms with van der Waals surface area (Å²) in [4.78, 5) is 20.1. The van der Waals surface area contributed by atoms with Crippen LogP contribution in [0.1, 0.15) is 74.5 Å². The smallest absolute Gasteiger partial charge is 0.357 e. The molecule has 9 heteroatoms. The minimum atomic E-state index is -0.471. The lowest BCUT2D eigenvalue weighted by Crippen LogP contribution is -2.70. The van der Waals surface area contributed by atoms with Gasteiger partial charge in [0.05, 0.1) is 37.0 Å². The number of hydrogen-bond donors (Lipinski definition) is 3. The van der Waals surface area contributed by atoms with Crippen molar-refractivity contribution in [3.63, 3.8) is 0 Å². The summed E-state index contributed by atoms with van der Waals surface area (Å²) in [5.74, 6) is 0.0830. The molecule has 3 aliphatic rings. The highest BCUT2D eigenvalue weighted by Crippen LogP contribution is 2.34. The fourth-order valence-electron chi connectivity index (χ4n) is 5.91. The number of rotatable bonds is 9. The van der Waals surface area contributed by atoms with Crippen LogP contribution in [0.5, 0.6) is 0 Å². The third-order valence-electron chi connectivity index (χ3n) is 8.09. The van der Waals surface area contributed by atoms with Gasteiger partial charge in [-0.2, -0.15) is 0 Å². The largest absolute Gasteiger partial charge is 0.475 e. The molecule has 3 heterocycles. The Morgan fingerprint density at radius 1 is 1.23 bits per heavy atom. The number of benzene rings is 1. The molecule has 216 valence electrons. The van der Waals surface area contributed by atoms with Crippen molar-refractivity contribution < 1.29 is 19.0 Å². The van der Waals surface area contributed by atoms with E-state index in [-0.39, 0.29) is 35.9 Å². The average Bonchev–Trinajstić information content (AvgIpc) is 2.93. The van der Waals surface area contributed by atoms with E-state index in [9.17, 15) is 4.79 Å². The number of nitrogens with one attached hydrogen (secondary N) is 3. The highest BCUT2D eigenvalue weighted by molar-refractivity contribution is 6.05. The third-order valence-corrected chi connectivity index (χ3v) is 8.09. The molecule has 0 bridgehead atoms. The van der Waals surface area contributed by atoms with Gasteiger partial charge in [0.25, 0.3) is 0 Å². The Morgan fingerprint density at radius 3 is 2.62 bits per heavy atom. The molecule has 5 rings (SSSR count). The molecule has 9 nitrogen and oxygen atoms in total. The van der Waals surface area contributed by atoms with E-state index in [1.165, 1.54) is 12.0 Å². The van der Waals surface area contributed by atoms with Crippen LogP contribution in [0.15, 0.2) is 30.3 Å². The van der Waals surface area contributed by atoms with E-state index in [1.54, 1.807) is 13.0 Å². The Hall–Kier alpha value is -3.01. The van der Waals surface area contributed by atoms with Gasteiger partial charge in [0.15, 0.2) is 5.69 Å². The van der Waals surface area contributed by atoms with Crippen molar-refractivity contribution in [2.45, 2.75) is 77.1 Å². The summed E-state index contributed by atoms with van der Waals surface area (Å²) in [5, 5.41) is 16.0. The lowest BCUT2D eigenvalue weighted by atomic mass is 9.91. The van der Waals surface area contributed by atoms with Crippen LogP contribution in [0.25, 0.3) is 11.1 Å². The maximum absolute atomic E-state index is 12.9. The second-order valence-electron chi connectivity index (χ2n) is 11.5. The monoisotopic (exact) mass is 549 g/mol. The van der Waals surface area contributed by atoms with Gasteiger partial charge in [0.1, 0.15) is 5.82 Å². The first-order valence-corrected chi connectivity index (χ1v) is 14.8. The lowest BCUT2D eigenvalue weighted by Gasteiger charge is -2.52. The van der Waals surface area contributed by atoms with E-state index in [0.29, 0.717) is 11.4 Å². The van der Waals surface area contributed by atoms with Crippen molar-refractivity contribution in [1.29, 1.82) is 5.41 Å². The van der Waals surface area contributed by atoms with E-state index >= 15 is 0 Å². The van der Waals surface area contributed by atoms with Gasteiger partial charge in [-0.1, -0.05) is 43.5 Å². The molecule has 1 saturated carbocycles. The summed E-state index contributed by atoms with van der Waals surface area (Å²) in [7, 11) is 0. The Balaban J connectivity index is 1.50. The number of carbonyl (C=O) groups is 1. The van der Waals surface area contributed by atoms with Gasteiger partial charge in [-0.15, -0.1) is 0 Å². The number of carbonyl (C=O) groups excluding carboxylic acids is 1. The molecular weight excluding hydrogens is 506 g/mol. The quantitative estimate of drug-likeness (QED) is 0.237. The minimum Gasteiger partial charge on any atom is -0.475 e. The van der Waals surface area contributed by atoms with Crippen molar-refractivity contribution >= 4 is 17.7 Å². The Labute approximate surface area is 237 Å². The fraction of sp³-hybridized carbons (Fsp3) is 0.581. The van der Waals surface area contributed by atoms with Crippen LogP contribution < -0.4 is 10.6 Å². The summed E-state index contributed by atoms with van der Waals surface area (Å²) in [6.07, 6.45) is 5.43. The van der Waals surface area contributed by atoms with Gasteiger partial charge in [0.2, 0.25) is 5.90 Å². The van der Waals surface area contributed by atoms with E-state index < -0.39 is 5.97 Å². The van der Waals surface area contributed by atoms with Crippen molar-refractivity contribution in [2.24, 2.45) is 0 Å². The van der Waals surface area contributed by atoms with Crippen LogP contribution in [-0.2, 0) is 20.8 Å². The molecule has 1 aliphatic carbocycles. The minimum absolute atomic E-state index is 0.0445. The highest BCUT2D eigenvalue weighted by Gasteiger charge is 2.45. The molecule has 1 aromatic carbocycles. The molecule has 40 heavy (non-hydrogen) atoms. The maximum atomic E-state index is 12.9. The predicted molar refractivity (Wildman–Crippen MR) is 156 cm³/mol. The predicted octanol–water partition coefficient (Wildman–Crippen LogP) is 4.59. The van der Waals surface area contributed by atoms with E-state index in [2.05, 4.69) is 39.8 Å². The van der Waals surface area contributed by atoms with Gasteiger partial charge in [0, 0.05) is 37.8 Å². The normalized spacial score (nSPS) is 19.3. The molecule has 0 unspecified atom stereocenters. The topological polar surface area (TPSA) is 109 Å². The molecule has 1 spiro atoms. The van der Waals surface area contributed by atoms with Crippen LogP contribution in [0.2, 0.25) is 0 Å². The van der Waals surface area contributed by atoms with E-state index in [0.717, 1.165) is 76.2 Å². The molecule has 2 aliphatic heterocycles. The number of ether oxygens (including phenoxy) is 3. The third kappa shape index (κ3) is 6.32. The van der Waals surface area contributed by atoms with E-state index in [1.807, 2.05) is 13.8 Å². The van der Waals surface area contributed by atoms with Gasteiger partial charge in [-0.25, -0.2) is 9.78 Å². The standard InChI is InChI=1S/C31H43N5O4/c1-4-39-30(37)26-16-25(27(28(32)40-21(2)3)29(35-26)34-24-8-6-5-7-9-24)23-12-10-22(11-13-23)17-36-15-14-33-18-31(36)19-38-20-31/h10-13,16,21,24,32-33H,4-9,14-15,17-20H2,1-3H3,(H,34,35). The summed E-state index contributed by atoms with van der Waals surface area (Å²) < 4.78 is 16.8. The summed E-state index contributed by atoms with van der Waals surface area (Å²) >= 11 is 0. The molecule has 3 N–H and O–H groups in total. The van der Waals surface area contributed by atoms with Gasteiger partial charge in [-0.3, -0.25) is 10.3 Å². The van der Waals surface area contributed by atoms with Gasteiger partial charge >= 0.3 is 5.97 Å². The molecule has 0 atom stereocenters. The Bertz CT molecular complexity index is 1190. The summed E-state index contributed by atoms with van der Waals surface area (Å²) in [6.45, 7) is 11.2. The van der Waals surface area contributed by atoms with Gasteiger partial charge in [-0.05, 0) is 50.8 Å². The van der Waals surface area contributed by atoms with E-state index in [4.69, 9.17) is 24.6 Å². The van der Waals surface area contributed by atoms with Gasteiger partial charge < -0.3 is 24.8 Å². The molecule has 2 saturated heterocycles. The first kappa shape index (κ1) is 28.5. The van der Waals surface area contributed by atoms with Crippen molar-refractivity contribution in [1.82, 2.24) is 15.2 Å². The van der Waals surface area contributed by atoms with Crippen LogP contribution in [0.4, 0.5) is 5.82 Å². The number of nitrogens with zero attached hydrogens (tertiary/aromatic N) is 2. The number of anilines is 1. The molecule has 0 amide bonds. The van der Waals surface area contributed by atoms with Crippen molar-refractivity contribution in [3.05, 3.63) is 47.2 Å². The number of esters is 1. The summed E-state index contributed by atoms with van der Waals surface area (Å²) in [5.41, 5.74) is 3.75. The highest BCUT2D eigenvalue weighted by atomic mass is 16.5. The molecule has 3 fully saturated rings. The number of aromatic nitrogens is 1. The zero-order valence-corrected chi connectivity index (χ0v) is 24.1. The number of hydrogen-bond acceptors (Lipinski definition) is 9. The second-order valence-corrected chi connectivity index (χ2v) is 11.5. The number of piperazine rings is 1. The first-order chi connectivity index (χ1) is 19.4. The Kier molecular flexibility index (Phi) is 9.03. The van der Waals surface area contributed by atoms with Crippen molar-refractivity contribution in [3.8, 4) is 11.1 Å². The molecule has 1 aromatic heterocycles. The number of pyridine rings is 1. The first-order valence-electron chi connectivity index (χ1n) is 14.8. The maximum Gasteiger partial charge on any atom is 0.357 e. The molecular formula is C31H43N5O4. The zero-order valence-electron chi connectivity index (χ0n) is 24.1. The lowest BCUT2D eigenvalue weighted by molar-refractivity contribution is -0.151. The molecule has 2 aromatic rings. The SMILES string of the molecule is CCOC(=O)c1cc(-c2ccc(CN3CCNCC34COC4)cc2)c(C(=N)OC(C)C)c(NC2CCCCC2)n1. The van der Waals surface area contributed by atoms with Crippen LogP contribution in [-0.4, -0.2) is 78.9 Å². The summed E-state index contributed by atoms with van der Waals surface area (Å²) in [6, 6.07) is 10.4. The van der Waals surface area contributed by atoms with Crippen molar-refractivity contribution in [2.75, 3.05) is 44.8 Å².